The van der Waals surface area contributed by atoms with Gasteiger partial charge in [0.25, 0.3) is 0 Å². The van der Waals surface area contributed by atoms with Gasteiger partial charge in [0.15, 0.2) is 34.9 Å². The molecule has 0 spiro atoms. The molecule has 6 heterocycles. The Hall–Kier alpha value is -17.4. The Morgan fingerprint density at radius 3 is 0.908 bits per heavy atom. The maximum atomic E-state index is 9.43. The van der Waals surface area contributed by atoms with Crippen LogP contribution in [0.1, 0.15) is 49.9 Å². The zero-order valence-corrected chi connectivity index (χ0v) is 79.6. The van der Waals surface area contributed by atoms with Gasteiger partial charge in [-0.05, 0) is 216 Å². The average molecular weight is 1890 g/mol. The van der Waals surface area contributed by atoms with Crippen molar-refractivity contribution in [1.29, 1.82) is 0 Å². The van der Waals surface area contributed by atoms with Crippen molar-refractivity contribution in [1.82, 2.24) is 48.2 Å². The number of hydrogen-bond acceptors (Lipinski definition) is 8. The molecule has 0 radical (unpaired) electrons. The van der Waals surface area contributed by atoms with Gasteiger partial charge in [-0.1, -0.05) is 359 Å². The van der Waals surface area contributed by atoms with Crippen molar-refractivity contribution < 1.29 is 10.0 Å². The molecule has 2 aliphatic carbocycles. The fourth-order valence-corrected chi connectivity index (χ4v) is 22.6. The standard InChI is InChI=1S/C64H43N5.C46H31BrN4.C18H14BNO2/c1-64(2)54-32-29-40-17-12-13-26-48(40)60(54)53-38-52-51-37-44(43-30-33-57-50(36-43)49-27-14-15-28-56(49)68(57)46-23-10-5-11-24-46)31-34-58(51)69(59(52)39-55(53)64)47-25-16-22-45(35-47)63-66-61(41-18-6-3-7-19-41)65-62(67-63)42-20-8-4-9-21-42;1-46(2)38-22-20-28-12-9-10-19-34(28)42(38)37-26-36-35-25-32(47)21-23-40(35)51(41(36)27-39(37)46)33-18-11-17-31(24-33)45-49-43(29-13-5-3-6-14-29)48-44(50-45)30-15-7-4-8-16-30;21-19(22)13-10-11-18-16(12-13)15-8-4-5-9-17(15)20(18)14-6-2-1-3-7-14/h3-39H,1-2H3;3-27H,1-2H3;1-12,21-22H. The number of aromatic nitrogens is 10. The smallest absolute Gasteiger partial charge is 0.423 e. The van der Waals surface area contributed by atoms with Crippen LogP contribution in [0.15, 0.2) is 453 Å². The lowest BCUT2D eigenvalue weighted by Crippen LogP contribution is -2.29. The molecule has 12 nitrogen and oxygen atoms in total. The van der Waals surface area contributed by atoms with Crippen LogP contribution in [0.2, 0.25) is 0 Å². The lowest BCUT2D eigenvalue weighted by molar-refractivity contribution is 0.426. The summed E-state index contributed by atoms with van der Waals surface area (Å²) in [5.74, 6) is 3.84. The summed E-state index contributed by atoms with van der Waals surface area (Å²) >= 11 is 3.78. The molecule has 20 aromatic carbocycles. The lowest BCUT2D eigenvalue weighted by Gasteiger charge is -2.22. The van der Waals surface area contributed by atoms with Gasteiger partial charge in [-0.15, -0.1) is 0 Å². The highest BCUT2D eigenvalue weighted by Gasteiger charge is 2.40. The van der Waals surface area contributed by atoms with Crippen LogP contribution in [0.3, 0.4) is 0 Å². The SMILES string of the molecule is CC1(C)c2cc3c(cc2-c2c1ccc1ccccc21)c1cc(-c2ccc4c(c2)c2ccccc2n4-c2ccccc2)ccc1n3-c1cccc(-c2nc(-c3ccccc3)nc(-c3ccccc3)n2)c1.CC1(C)c2cc3c(cc2-c2c1ccc1ccccc21)c1cc(Br)ccc1n3-c1cccc(-c2nc(-c3ccccc3)nc(-c3ccccc3)n2)c1.OB(O)c1ccc2c(c1)c1ccccc1n2-c1ccccc1. The first-order valence-corrected chi connectivity index (χ1v) is 48.9. The maximum Gasteiger partial charge on any atom is 0.488 e. The first-order valence-electron chi connectivity index (χ1n) is 48.1. The minimum absolute atomic E-state index is 0.154. The third kappa shape index (κ3) is 14.3. The van der Waals surface area contributed by atoms with E-state index >= 15 is 0 Å². The quantitative estimate of drug-likeness (QED) is 0.115. The van der Waals surface area contributed by atoms with Gasteiger partial charge in [-0.2, -0.15) is 0 Å². The Labute approximate surface area is 828 Å². The van der Waals surface area contributed by atoms with Crippen molar-refractivity contribution in [2.75, 3.05) is 0 Å². The zero-order valence-electron chi connectivity index (χ0n) is 78.0. The second-order valence-corrected chi connectivity index (χ2v) is 38.9. The highest BCUT2D eigenvalue weighted by molar-refractivity contribution is 9.10. The molecule has 0 atom stereocenters. The summed E-state index contributed by atoms with van der Waals surface area (Å²) in [5.41, 5.74) is 32.4. The number of para-hydroxylation sites is 4. The van der Waals surface area contributed by atoms with Gasteiger partial charge in [0.1, 0.15) is 0 Å². The van der Waals surface area contributed by atoms with Crippen LogP contribution in [0.25, 0.3) is 233 Å². The number of halogens is 1. The third-order valence-corrected chi connectivity index (χ3v) is 29.5. The molecular formula is C128H88BBrN10O2. The van der Waals surface area contributed by atoms with Crippen LogP contribution in [-0.2, 0) is 10.8 Å². The number of nitrogens with zero attached hydrogens (tertiary/aromatic N) is 10. The number of fused-ring (bicyclic) bond motifs is 22. The topological polar surface area (TPSA) is 138 Å². The summed E-state index contributed by atoms with van der Waals surface area (Å²) in [7, 11) is -1.46. The van der Waals surface area contributed by atoms with Crippen molar-refractivity contribution in [2.45, 2.75) is 38.5 Å². The van der Waals surface area contributed by atoms with E-state index in [1.165, 1.54) is 126 Å². The van der Waals surface area contributed by atoms with E-state index in [4.69, 9.17) is 29.9 Å². The van der Waals surface area contributed by atoms with E-state index in [-0.39, 0.29) is 10.8 Å². The zero-order chi connectivity index (χ0) is 95.2. The number of hydrogen-bond donors (Lipinski definition) is 2. The Morgan fingerprint density at radius 1 is 0.211 bits per heavy atom. The van der Waals surface area contributed by atoms with Crippen LogP contribution in [-0.4, -0.2) is 65.3 Å². The highest BCUT2D eigenvalue weighted by Crippen LogP contribution is 2.56. The first-order chi connectivity index (χ1) is 69.6. The normalized spacial score (nSPS) is 12.7. The lowest BCUT2D eigenvalue weighted by atomic mass is 9.80. The van der Waals surface area contributed by atoms with Gasteiger partial charge in [0.2, 0.25) is 0 Å². The molecule has 26 aromatic rings. The second kappa shape index (κ2) is 34.0. The molecule has 0 aliphatic heterocycles. The van der Waals surface area contributed by atoms with Crippen LogP contribution in [0, 0.1) is 0 Å². The fraction of sp³-hybridized carbons (Fsp3) is 0.0469. The van der Waals surface area contributed by atoms with Crippen LogP contribution < -0.4 is 5.46 Å². The van der Waals surface area contributed by atoms with Crippen LogP contribution in [0.5, 0.6) is 0 Å². The van der Waals surface area contributed by atoms with Gasteiger partial charge in [-0.3, -0.25) is 0 Å². The minimum Gasteiger partial charge on any atom is -0.423 e. The highest BCUT2D eigenvalue weighted by atomic mass is 79.9. The summed E-state index contributed by atoms with van der Waals surface area (Å²) < 4.78 is 10.5. The summed E-state index contributed by atoms with van der Waals surface area (Å²) in [6.45, 7) is 9.48. The largest absolute Gasteiger partial charge is 0.488 e. The van der Waals surface area contributed by atoms with E-state index in [0.29, 0.717) is 40.4 Å². The number of benzene rings is 20. The van der Waals surface area contributed by atoms with Crippen molar-refractivity contribution in [3.8, 4) is 124 Å². The van der Waals surface area contributed by atoms with Crippen LogP contribution >= 0.6 is 15.9 Å². The van der Waals surface area contributed by atoms with E-state index in [0.717, 1.165) is 99.0 Å². The fourth-order valence-electron chi connectivity index (χ4n) is 22.2. The third-order valence-electron chi connectivity index (χ3n) is 29.0. The van der Waals surface area contributed by atoms with Crippen molar-refractivity contribution >= 4 is 137 Å². The van der Waals surface area contributed by atoms with E-state index in [9.17, 15) is 10.0 Å². The summed E-state index contributed by atoms with van der Waals surface area (Å²) in [4.78, 5) is 30.2. The van der Waals surface area contributed by atoms with Gasteiger partial charge < -0.3 is 28.3 Å². The van der Waals surface area contributed by atoms with Gasteiger partial charge >= 0.3 is 7.12 Å². The Kier molecular flexibility index (Phi) is 20.4. The molecule has 0 amide bonds. The van der Waals surface area contributed by atoms with Gasteiger partial charge in [0.05, 0.1) is 44.1 Å². The van der Waals surface area contributed by atoms with Crippen molar-refractivity contribution in [3.05, 3.63) is 476 Å². The van der Waals surface area contributed by atoms with E-state index < -0.39 is 7.12 Å². The molecule has 14 heteroatoms. The molecule has 142 heavy (non-hydrogen) atoms. The predicted molar refractivity (Wildman–Crippen MR) is 589 cm³/mol. The Bertz CT molecular complexity index is 9480. The van der Waals surface area contributed by atoms with E-state index in [1.807, 2.05) is 140 Å². The molecule has 28 rings (SSSR count). The molecule has 0 saturated heterocycles. The second-order valence-electron chi connectivity index (χ2n) is 38.0. The summed E-state index contributed by atoms with van der Waals surface area (Å²) in [6.07, 6.45) is 0. The molecular weight excluding hydrogens is 1800 g/mol. The molecule has 0 fully saturated rings. The predicted octanol–water partition coefficient (Wildman–Crippen LogP) is 30.8. The van der Waals surface area contributed by atoms with E-state index in [2.05, 4.69) is 365 Å². The molecule has 0 unspecified atom stereocenters. The van der Waals surface area contributed by atoms with Gasteiger partial charge in [0, 0.05) is 115 Å². The summed E-state index contributed by atoms with van der Waals surface area (Å²) in [5, 5.41) is 33.4. The maximum absolute atomic E-state index is 9.43. The average Bonchev–Trinajstić information content (AvgIpc) is 1.54. The molecule has 672 valence electrons. The van der Waals surface area contributed by atoms with Crippen molar-refractivity contribution in [2.24, 2.45) is 0 Å². The van der Waals surface area contributed by atoms with Crippen LogP contribution in [0.4, 0.5) is 0 Å². The monoisotopic (exact) mass is 1890 g/mol. The van der Waals surface area contributed by atoms with E-state index in [1.54, 1.807) is 6.07 Å². The minimum atomic E-state index is -1.46. The number of rotatable bonds is 12. The molecule has 2 N–H and O–H groups in total. The Balaban J connectivity index is 0.000000123. The molecule has 0 bridgehead atoms. The first kappa shape index (κ1) is 85.1. The van der Waals surface area contributed by atoms with Gasteiger partial charge in [-0.25, -0.2) is 29.9 Å². The summed E-state index contributed by atoms with van der Waals surface area (Å²) in [6, 6.07) is 158. The molecule has 0 saturated carbocycles. The Morgan fingerprint density at radius 2 is 0.507 bits per heavy atom. The molecule has 2 aliphatic rings. The van der Waals surface area contributed by atoms with Crippen molar-refractivity contribution in [3.63, 3.8) is 0 Å². The molecule has 6 aromatic heterocycles.